The van der Waals surface area contributed by atoms with Crippen LogP contribution in [0.25, 0.3) is 33.3 Å². The topological polar surface area (TPSA) is 71.2 Å². The minimum Gasteiger partial charge on any atom is -0.471 e. The lowest BCUT2D eigenvalue weighted by molar-refractivity contribution is 0.186. The van der Waals surface area contributed by atoms with Gasteiger partial charge in [0.1, 0.15) is 6.61 Å². The minimum atomic E-state index is -0.0709. The fraction of sp³-hybridized carbons (Fsp3) is 0.207. The smallest absolute Gasteiger partial charge is 0.250 e. The second-order valence-electron chi connectivity index (χ2n) is 8.80. The summed E-state index contributed by atoms with van der Waals surface area (Å²) in [5.41, 5.74) is 6.83. The predicted molar refractivity (Wildman–Crippen MR) is 141 cm³/mol. The number of nitrogens with zero attached hydrogens (tertiary/aromatic N) is 4. The van der Waals surface area contributed by atoms with Crippen molar-refractivity contribution in [1.29, 1.82) is 0 Å². The fourth-order valence-electron chi connectivity index (χ4n) is 4.25. The summed E-state index contributed by atoms with van der Waals surface area (Å²) in [6.45, 7) is 3.41. The molecule has 0 saturated carbocycles. The van der Waals surface area contributed by atoms with E-state index in [0.29, 0.717) is 25.6 Å². The Balaban J connectivity index is 1.34. The molecule has 0 unspecified atom stereocenters. The number of benzene rings is 2. The SMILES string of the molecule is COCCn1cc(-c2cn(C)nc2OCc2ccc(-c3nc4ccccc4cc3C)cc2)ccc1=O. The van der Waals surface area contributed by atoms with Gasteiger partial charge in [0.2, 0.25) is 5.88 Å². The Morgan fingerprint density at radius 1 is 0.944 bits per heavy atom. The normalized spacial score (nSPS) is 11.2. The van der Waals surface area contributed by atoms with Crippen LogP contribution < -0.4 is 10.3 Å². The van der Waals surface area contributed by atoms with Gasteiger partial charge in [-0.25, -0.2) is 4.98 Å². The van der Waals surface area contributed by atoms with Gasteiger partial charge in [0, 0.05) is 55.7 Å². The number of ether oxygens (including phenoxy) is 2. The lowest BCUT2D eigenvalue weighted by Crippen LogP contribution is -2.20. The highest BCUT2D eigenvalue weighted by molar-refractivity contribution is 5.83. The highest BCUT2D eigenvalue weighted by Gasteiger charge is 2.13. The second kappa shape index (κ2) is 10.2. The lowest BCUT2D eigenvalue weighted by Gasteiger charge is -2.10. The summed E-state index contributed by atoms with van der Waals surface area (Å²) in [5.74, 6) is 0.519. The van der Waals surface area contributed by atoms with E-state index >= 15 is 0 Å². The van der Waals surface area contributed by atoms with E-state index in [2.05, 4.69) is 48.4 Å². The third-order valence-electron chi connectivity index (χ3n) is 6.14. The van der Waals surface area contributed by atoms with E-state index in [9.17, 15) is 4.79 Å². The second-order valence-corrected chi connectivity index (χ2v) is 8.80. The van der Waals surface area contributed by atoms with Crippen LogP contribution in [0, 0.1) is 6.92 Å². The molecule has 182 valence electrons. The van der Waals surface area contributed by atoms with Gasteiger partial charge in [-0.3, -0.25) is 9.48 Å². The van der Waals surface area contributed by atoms with E-state index in [1.165, 1.54) is 0 Å². The lowest BCUT2D eigenvalue weighted by atomic mass is 10.0. The van der Waals surface area contributed by atoms with Crippen molar-refractivity contribution in [3.63, 3.8) is 0 Å². The van der Waals surface area contributed by atoms with Crippen molar-refractivity contribution < 1.29 is 9.47 Å². The molecule has 2 aromatic carbocycles. The number of rotatable bonds is 8. The van der Waals surface area contributed by atoms with Gasteiger partial charge in [0.25, 0.3) is 5.56 Å². The van der Waals surface area contributed by atoms with E-state index in [-0.39, 0.29) is 5.56 Å². The molecule has 0 aliphatic carbocycles. The Labute approximate surface area is 209 Å². The van der Waals surface area contributed by atoms with Crippen molar-refractivity contribution in [1.82, 2.24) is 19.3 Å². The van der Waals surface area contributed by atoms with Crippen molar-refractivity contribution in [2.45, 2.75) is 20.1 Å². The van der Waals surface area contributed by atoms with E-state index in [4.69, 9.17) is 14.5 Å². The molecule has 0 N–H and O–H groups in total. The zero-order valence-corrected chi connectivity index (χ0v) is 20.6. The van der Waals surface area contributed by atoms with Crippen LogP contribution in [-0.4, -0.2) is 33.0 Å². The van der Waals surface area contributed by atoms with Crippen LogP contribution in [-0.2, 0) is 24.9 Å². The maximum atomic E-state index is 12.2. The van der Waals surface area contributed by atoms with Gasteiger partial charge in [-0.1, -0.05) is 42.5 Å². The first kappa shape index (κ1) is 23.5. The molecule has 5 rings (SSSR count). The summed E-state index contributed by atoms with van der Waals surface area (Å²) >= 11 is 0. The molecule has 7 nitrogen and oxygen atoms in total. The Kier molecular flexibility index (Phi) is 6.64. The van der Waals surface area contributed by atoms with Crippen LogP contribution in [0.15, 0.2) is 83.9 Å². The quantitative estimate of drug-likeness (QED) is 0.313. The first-order valence-electron chi connectivity index (χ1n) is 11.8. The minimum absolute atomic E-state index is 0.0709. The van der Waals surface area contributed by atoms with E-state index in [1.54, 1.807) is 28.5 Å². The van der Waals surface area contributed by atoms with Crippen LogP contribution in [0.4, 0.5) is 0 Å². The predicted octanol–water partition coefficient (Wildman–Crippen LogP) is 5.00. The third kappa shape index (κ3) is 4.92. The highest BCUT2D eigenvalue weighted by Crippen LogP contribution is 2.29. The Bertz CT molecular complexity index is 1570. The average molecular weight is 481 g/mol. The zero-order valence-electron chi connectivity index (χ0n) is 20.6. The Hall–Kier alpha value is -4.23. The van der Waals surface area contributed by atoms with Gasteiger partial charge < -0.3 is 14.0 Å². The monoisotopic (exact) mass is 480 g/mol. The number of hydrogen-bond donors (Lipinski definition) is 0. The van der Waals surface area contributed by atoms with Crippen molar-refractivity contribution in [2.75, 3.05) is 13.7 Å². The molecule has 0 saturated heterocycles. The summed E-state index contributed by atoms with van der Waals surface area (Å²) in [5, 5.41) is 5.64. The highest BCUT2D eigenvalue weighted by atomic mass is 16.5. The number of pyridine rings is 2. The molecule has 0 aliphatic rings. The van der Waals surface area contributed by atoms with Crippen molar-refractivity contribution in [3.8, 4) is 28.3 Å². The standard InChI is InChI=1S/C29H28N4O3/c1-20-16-23-6-4-5-7-26(23)30-28(20)22-10-8-21(9-11-22)19-36-29-25(18-32(2)31-29)24-12-13-27(34)33(17-24)14-15-35-3/h4-13,16-18H,14-15,19H2,1-3H3. The molecular weight excluding hydrogens is 452 g/mol. The summed E-state index contributed by atoms with van der Waals surface area (Å²) in [6, 6.07) is 22.0. The Morgan fingerprint density at radius 3 is 2.53 bits per heavy atom. The van der Waals surface area contributed by atoms with Gasteiger partial charge in [-0.15, -0.1) is 5.10 Å². The Morgan fingerprint density at radius 2 is 1.72 bits per heavy atom. The first-order chi connectivity index (χ1) is 17.5. The molecule has 5 aromatic rings. The van der Waals surface area contributed by atoms with Crippen molar-refractivity contribution in [2.24, 2.45) is 7.05 Å². The zero-order chi connectivity index (χ0) is 25.1. The molecule has 0 bridgehead atoms. The van der Waals surface area contributed by atoms with Gasteiger partial charge in [0.15, 0.2) is 0 Å². The van der Waals surface area contributed by atoms with Crippen LogP contribution in [0.2, 0.25) is 0 Å². The summed E-state index contributed by atoms with van der Waals surface area (Å²) < 4.78 is 14.6. The van der Waals surface area contributed by atoms with Gasteiger partial charge in [0.05, 0.1) is 23.4 Å². The molecule has 0 amide bonds. The van der Waals surface area contributed by atoms with Gasteiger partial charge >= 0.3 is 0 Å². The molecule has 36 heavy (non-hydrogen) atoms. The van der Waals surface area contributed by atoms with E-state index in [1.807, 2.05) is 37.6 Å². The molecular formula is C29H28N4O3. The van der Waals surface area contributed by atoms with E-state index in [0.717, 1.165) is 44.4 Å². The van der Waals surface area contributed by atoms with Crippen LogP contribution >= 0.6 is 0 Å². The molecule has 0 fully saturated rings. The molecule has 0 spiro atoms. The maximum Gasteiger partial charge on any atom is 0.250 e. The average Bonchev–Trinajstić information content (AvgIpc) is 3.27. The molecule has 3 heterocycles. The number of para-hydroxylation sites is 1. The van der Waals surface area contributed by atoms with Crippen LogP contribution in [0.3, 0.4) is 0 Å². The summed E-state index contributed by atoms with van der Waals surface area (Å²) in [6.07, 6.45) is 3.71. The summed E-state index contributed by atoms with van der Waals surface area (Å²) in [4.78, 5) is 17.0. The molecule has 0 radical (unpaired) electrons. The van der Waals surface area contributed by atoms with Crippen LogP contribution in [0.1, 0.15) is 11.1 Å². The van der Waals surface area contributed by atoms with Crippen molar-refractivity contribution >= 4 is 10.9 Å². The van der Waals surface area contributed by atoms with Crippen molar-refractivity contribution in [3.05, 3.63) is 101 Å². The molecule has 0 aliphatic heterocycles. The van der Waals surface area contributed by atoms with Crippen LogP contribution in [0.5, 0.6) is 5.88 Å². The number of aryl methyl sites for hydroxylation is 2. The number of aromatic nitrogens is 4. The number of methoxy groups -OCH3 is 1. The largest absolute Gasteiger partial charge is 0.471 e. The van der Waals surface area contributed by atoms with E-state index < -0.39 is 0 Å². The maximum absolute atomic E-state index is 12.2. The third-order valence-corrected chi connectivity index (χ3v) is 6.14. The van der Waals surface area contributed by atoms with Gasteiger partial charge in [-0.05, 0) is 36.2 Å². The molecule has 7 heteroatoms. The van der Waals surface area contributed by atoms with Gasteiger partial charge in [-0.2, -0.15) is 0 Å². The molecule has 0 atom stereocenters. The fourth-order valence-corrected chi connectivity index (χ4v) is 4.25. The summed E-state index contributed by atoms with van der Waals surface area (Å²) in [7, 11) is 3.47. The molecule has 3 aromatic heterocycles. The number of fused-ring (bicyclic) bond motifs is 1. The number of hydrogen-bond acceptors (Lipinski definition) is 5. The first-order valence-corrected chi connectivity index (χ1v) is 11.8.